The quantitative estimate of drug-likeness (QED) is 0.758. The van der Waals surface area contributed by atoms with E-state index in [1.54, 1.807) is 11.8 Å². The van der Waals surface area contributed by atoms with E-state index in [0.717, 1.165) is 42.0 Å². The minimum atomic E-state index is -0.238. The van der Waals surface area contributed by atoms with Crippen molar-refractivity contribution in [2.75, 3.05) is 12.8 Å². The highest BCUT2D eigenvalue weighted by molar-refractivity contribution is 7.98. The third-order valence-electron chi connectivity index (χ3n) is 4.30. The van der Waals surface area contributed by atoms with Crippen LogP contribution in [0.3, 0.4) is 0 Å². The zero-order valence-corrected chi connectivity index (χ0v) is 14.7. The number of thioether (sulfide) groups is 1. The van der Waals surface area contributed by atoms with Crippen LogP contribution in [0.5, 0.6) is 0 Å². The second-order valence-corrected chi connectivity index (χ2v) is 6.71. The number of pyridine rings is 1. The Bertz CT molecular complexity index is 661. The smallest absolute Gasteiger partial charge is 0.410 e. The zero-order valence-electron chi connectivity index (χ0n) is 13.9. The van der Waals surface area contributed by atoms with Crippen LogP contribution in [0.4, 0.5) is 4.79 Å². The number of amides is 1. The Morgan fingerprint density at radius 3 is 2.79 bits per heavy atom. The van der Waals surface area contributed by atoms with Gasteiger partial charge in [-0.1, -0.05) is 36.4 Å². The third kappa shape index (κ3) is 4.09. The molecule has 1 aromatic heterocycles. The van der Waals surface area contributed by atoms with Gasteiger partial charge in [-0.3, -0.25) is 0 Å². The second-order valence-electron chi connectivity index (χ2n) is 5.88. The van der Waals surface area contributed by atoms with Gasteiger partial charge < -0.3 is 9.64 Å². The molecule has 1 aromatic carbocycles. The number of hydrogen-bond donors (Lipinski definition) is 0. The van der Waals surface area contributed by atoms with Crippen molar-refractivity contribution in [3.05, 3.63) is 59.8 Å². The van der Waals surface area contributed by atoms with E-state index >= 15 is 0 Å². The Balaban J connectivity index is 1.67. The number of benzene rings is 1. The number of piperidine rings is 1. The maximum Gasteiger partial charge on any atom is 0.410 e. The molecule has 1 aliphatic rings. The standard InChI is InChI=1S/C19H22N2O2S/c1-24-18-11-10-16(13-20-18)17-9-5-6-12-21(17)19(22)23-14-15-7-3-2-4-8-15/h2-4,7-8,10-11,13,17H,5-6,9,12,14H2,1H3/t17-/m1/s1. The molecule has 0 unspecified atom stereocenters. The summed E-state index contributed by atoms with van der Waals surface area (Å²) in [5, 5.41) is 0.993. The summed E-state index contributed by atoms with van der Waals surface area (Å²) in [7, 11) is 0. The number of carbonyl (C=O) groups is 1. The van der Waals surface area contributed by atoms with Crippen molar-refractivity contribution < 1.29 is 9.53 Å². The summed E-state index contributed by atoms with van der Waals surface area (Å²) in [6, 6.07) is 13.9. The van der Waals surface area contributed by atoms with Crippen LogP contribution in [0.25, 0.3) is 0 Å². The Kier molecular flexibility index (Phi) is 5.75. The maximum absolute atomic E-state index is 12.6. The third-order valence-corrected chi connectivity index (χ3v) is 4.96. The molecule has 1 amide bonds. The molecule has 5 heteroatoms. The van der Waals surface area contributed by atoms with Gasteiger partial charge in [0.05, 0.1) is 11.1 Å². The van der Waals surface area contributed by atoms with Gasteiger partial charge in [0.1, 0.15) is 6.61 Å². The minimum absolute atomic E-state index is 0.0606. The lowest BCUT2D eigenvalue weighted by Crippen LogP contribution is -2.38. The first-order valence-corrected chi connectivity index (χ1v) is 9.47. The lowest BCUT2D eigenvalue weighted by molar-refractivity contribution is 0.0678. The van der Waals surface area contributed by atoms with Gasteiger partial charge in [-0.15, -0.1) is 11.8 Å². The van der Waals surface area contributed by atoms with Crippen LogP contribution in [0.1, 0.15) is 36.4 Å². The molecule has 24 heavy (non-hydrogen) atoms. The largest absolute Gasteiger partial charge is 0.445 e. The molecule has 126 valence electrons. The van der Waals surface area contributed by atoms with Crippen LogP contribution < -0.4 is 0 Å². The molecule has 1 aliphatic heterocycles. The van der Waals surface area contributed by atoms with E-state index in [9.17, 15) is 4.79 Å². The van der Waals surface area contributed by atoms with Gasteiger partial charge in [-0.25, -0.2) is 9.78 Å². The van der Waals surface area contributed by atoms with Crippen molar-refractivity contribution in [2.24, 2.45) is 0 Å². The summed E-state index contributed by atoms with van der Waals surface area (Å²) in [5.74, 6) is 0. The van der Waals surface area contributed by atoms with Crippen molar-refractivity contribution in [3.8, 4) is 0 Å². The molecular formula is C19H22N2O2S. The van der Waals surface area contributed by atoms with Crippen LogP contribution in [0, 0.1) is 0 Å². The fraction of sp³-hybridized carbons (Fsp3) is 0.368. The highest BCUT2D eigenvalue weighted by atomic mass is 32.2. The molecule has 2 aromatic rings. The topological polar surface area (TPSA) is 42.4 Å². The maximum atomic E-state index is 12.6. The lowest BCUT2D eigenvalue weighted by atomic mass is 9.97. The van der Waals surface area contributed by atoms with Crippen molar-refractivity contribution in [2.45, 2.75) is 36.9 Å². The molecule has 1 saturated heterocycles. The Labute approximate surface area is 147 Å². The molecule has 0 spiro atoms. The molecule has 1 atom stereocenters. The summed E-state index contributed by atoms with van der Waals surface area (Å²) in [5.41, 5.74) is 2.09. The number of carbonyl (C=O) groups excluding carboxylic acids is 1. The highest BCUT2D eigenvalue weighted by Gasteiger charge is 2.29. The first-order chi connectivity index (χ1) is 11.8. The van der Waals surface area contributed by atoms with Crippen LogP contribution >= 0.6 is 11.8 Å². The minimum Gasteiger partial charge on any atom is -0.445 e. The van der Waals surface area contributed by atoms with Crippen molar-refractivity contribution in [3.63, 3.8) is 0 Å². The van der Waals surface area contributed by atoms with Gasteiger partial charge in [0.15, 0.2) is 0 Å². The zero-order chi connectivity index (χ0) is 16.8. The monoisotopic (exact) mass is 342 g/mol. The first kappa shape index (κ1) is 16.8. The molecular weight excluding hydrogens is 320 g/mol. The van der Waals surface area contributed by atoms with Crippen molar-refractivity contribution >= 4 is 17.9 Å². The molecule has 0 radical (unpaired) electrons. The molecule has 0 N–H and O–H groups in total. The van der Waals surface area contributed by atoms with E-state index in [2.05, 4.69) is 11.1 Å². The molecule has 1 fully saturated rings. The Morgan fingerprint density at radius 2 is 2.08 bits per heavy atom. The predicted molar refractivity (Wildman–Crippen MR) is 95.9 cm³/mol. The molecule has 0 saturated carbocycles. The van der Waals surface area contributed by atoms with Crippen LogP contribution in [-0.2, 0) is 11.3 Å². The van der Waals surface area contributed by atoms with Crippen LogP contribution in [0.15, 0.2) is 53.7 Å². The summed E-state index contributed by atoms with van der Waals surface area (Å²) in [4.78, 5) is 18.9. The van der Waals surface area contributed by atoms with Crippen molar-refractivity contribution in [1.29, 1.82) is 0 Å². The SMILES string of the molecule is CSc1ccc([C@H]2CCCCN2C(=O)OCc2ccccc2)cn1. The average molecular weight is 342 g/mol. The van der Waals surface area contributed by atoms with E-state index in [0.29, 0.717) is 6.61 Å². The molecule has 3 rings (SSSR count). The highest BCUT2D eigenvalue weighted by Crippen LogP contribution is 2.31. The molecule has 2 heterocycles. The van der Waals surface area contributed by atoms with Crippen LogP contribution in [-0.4, -0.2) is 28.8 Å². The second kappa shape index (κ2) is 8.20. The first-order valence-electron chi connectivity index (χ1n) is 8.25. The predicted octanol–water partition coefficient (Wildman–Crippen LogP) is 4.67. The summed E-state index contributed by atoms with van der Waals surface area (Å²) in [6.07, 6.45) is 6.76. The van der Waals surface area contributed by atoms with E-state index in [1.165, 1.54) is 0 Å². The van der Waals surface area contributed by atoms with Crippen LogP contribution in [0.2, 0.25) is 0 Å². The fourth-order valence-electron chi connectivity index (χ4n) is 3.01. The van der Waals surface area contributed by atoms with Gasteiger partial charge >= 0.3 is 6.09 Å². The summed E-state index contributed by atoms with van der Waals surface area (Å²) >= 11 is 1.62. The summed E-state index contributed by atoms with van der Waals surface area (Å²) < 4.78 is 5.53. The van der Waals surface area contributed by atoms with Gasteiger partial charge in [-0.2, -0.15) is 0 Å². The number of likely N-dealkylation sites (tertiary alicyclic amines) is 1. The average Bonchev–Trinajstić information content (AvgIpc) is 2.67. The number of ether oxygens (including phenoxy) is 1. The van der Waals surface area contributed by atoms with E-state index in [4.69, 9.17) is 4.74 Å². The Hall–Kier alpha value is -2.01. The summed E-state index contributed by atoms with van der Waals surface area (Å²) in [6.45, 7) is 1.05. The number of hydrogen-bond acceptors (Lipinski definition) is 4. The molecule has 4 nitrogen and oxygen atoms in total. The normalized spacial score (nSPS) is 17.5. The fourth-order valence-corrected chi connectivity index (χ4v) is 3.37. The van der Waals surface area contributed by atoms with Gasteiger partial charge in [-0.05, 0) is 42.7 Å². The number of nitrogens with zero attached hydrogens (tertiary/aromatic N) is 2. The van der Waals surface area contributed by atoms with Gasteiger partial charge in [0.2, 0.25) is 0 Å². The van der Waals surface area contributed by atoms with Crippen molar-refractivity contribution in [1.82, 2.24) is 9.88 Å². The molecule has 0 aliphatic carbocycles. The Morgan fingerprint density at radius 1 is 1.25 bits per heavy atom. The van der Waals surface area contributed by atoms with Gasteiger partial charge in [0.25, 0.3) is 0 Å². The van der Waals surface area contributed by atoms with Gasteiger partial charge in [0, 0.05) is 12.7 Å². The van der Waals surface area contributed by atoms with E-state index in [-0.39, 0.29) is 12.1 Å². The number of rotatable bonds is 4. The van der Waals surface area contributed by atoms with E-state index < -0.39 is 0 Å². The number of aromatic nitrogens is 1. The molecule has 0 bridgehead atoms. The van der Waals surface area contributed by atoms with E-state index in [1.807, 2.05) is 53.8 Å². The lowest BCUT2D eigenvalue weighted by Gasteiger charge is -2.35.